The predicted molar refractivity (Wildman–Crippen MR) is 113 cm³/mol. The number of nitrogens with zero attached hydrogens (tertiary/aromatic N) is 4. The zero-order valence-corrected chi connectivity index (χ0v) is 16.1. The van der Waals surface area contributed by atoms with Crippen LogP contribution >= 0.6 is 0 Å². The molecule has 3 heterocycles. The first-order valence-corrected chi connectivity index (χ1v) is 9.81. The number of nitrogens with one attached hydrogen (secondary N) is 1. The van der Waals surface area contributed by atoms with Gasteiger partial charge in [-0.15, -0.1) is 0 Å². The van der Waals surface area contributed by atoms with Crippen molar-refractivity contribution in [1.29, 1.82) is 5.41 Å². The Balaban J connectivity index is 1.78. The monoisotopic (exact) mass is 380 g/mol. The van der Waals surface area contributed by atoms with Crippen LogP contribution in [0.15, 0.2) is 41.5 Å². The van der Waals surface area contributed by atoms with Gasteiger partial charge in [-0.2, -0.15) is 0 Å². The average Bonchev–Trinajstić information content (AvgIpc) is 2.69. The number of aliphatic hydroxyl groups excluding tert-OH is 1. The minimum atomic E-state index is 0.233. The lowest BCUT2D eigenvalue weighted by molar-refractivity contribution is 0.281. The van der Waals surface area contributed by atoms with E-state index in [2.05, 4.69) is 21.1 Å². The summed E-state index contributed by atoms with van der Waals surface area (Å²) in [5, 5.41) is 17.5. The largest absolute Gasteiger partial charge is 0.396 e. The number of aliphatic imine (C=N–C) groups is 1. The molecule has 1 aliphatic heterocycles. The third kappa shape index (κ3) is 5.13. The molecule has 0 bridgehead atoms. The number of nitrogen functional groups attached to an aromatic ring is 1. The van der Waals surface area contributed by atoms with Crippen LogP contribution in [0.1, 0.15) is 36.9 Å². The minimum absolute atomic E-state index is 0.233. The van der Waals surface area contributed by atoms with Crippen molar-refractivity contribution in [1.82, 2.24) is 9.97 Å². The number of pyridine rings is 2. The molecule has 4 N–H and O–H groups in total. The van der Waals surface area contributed by atoms with E-state index in [1.807, 2.05) is 18.2 Å². The first-order chi connectivity index (χ1) is 13.7. The van der Waals surface area contributed by atoms with E-state index in [9.17, 15) is 0 Å². The van der Waals surface area contributed by atoms with Gasteiger partial charge >= 0.3 is 0 Å². The highest BCUT2D eigenvalue weighted by molar-refractivity contribution is 6.12. The average molecular weight is 380 g/mol. The summed E-state index contributed by atoms with van der Waals surface area (Å²) < 4.78 is 0. The molecule has 0 saturated heterocycles. The number of nitrogens with two attached hydrogens (primary N) is 1. The lowest BCUT2D eigenvalue weighted by atomic mass is 10.0. The molecule has 0 aromatic carbocycles. The maximum atomic E-state index is 9.03. The molecule has 0 saturated carbocycles. The summed E-state index contributed by atoms with van der Waals surface area (Å²) >= 11 is 0. The van der Waals surface area contributed by atoms with Gasteiger partial charge in [0.05, 0.1) is 11.4 Å². The van der Waals surface area contributed by atoms with Crippen LogP contribution in [0.25, 0.3) is 0 Å². The molecular formula is C21H28N6O. The van der Waals surface area contributed by atoms with Gasteiger partial charge in [0.1, 0.15) is 11.6 Å². The van der Waals surface area contributed by atoms with E-state index in [0.717, 1.165) is 51.1 Å². The van der Waals surface area contributed by atoms with Crippen LogP contribution in [0.3, 0.4) is 0 Å². The van der Waals surface area contributed by atoms with E-state index < -0.39 is 0 Å². The fourth-order valence-electron chi connectivity index (χ4n) is 3.40. The summed E-state index contributed by atoms with van der Waals surface area (Å²) in [6.45, 7) is 2.77. The van der Waals surface area contributed by atoms with Gasteiger partial charge in [-0.3, -0.25) is 10.4 Å². The van der Waals surface area contributed by atoms with Crippen molar-refractivity contribution in [2.24, 2.45) is 10.9 Å². The fourth-order valence-corrected chi connectivity index (χ4v) is 3.40. The summed E-state index contributed by atoms with van der Waals surface area (Å²) in [6.07, 6.45) is 7.46. The van der Waals surface area contributed by atoms with Crippen LogP contribution in [-0.4, -0.2) is 53.2 Å². The maximum absolute atomic E-state index is 9.03. The van der Waals surface area contributed by atoms with Crippen molar-refractivity contribution in [3.63, 3.8) is 0 Å². The molecule has 2 aromatic rings. The van der Waals surface area contributed by atoms with Crippen LogP contribution in [0.4, 0.5) is 11.6 Å². The van der Waals surface area contributed by atoms with Crippen molar-refractivity contribution in [3.8, 4) is 0 Å². The molecule has 7 nitrogen and oxygen atoms in total. The van der Waals surface area contributed by atoms with Gasteiger partial charge < -0.3 is 15.7 Å². The third-order valence-corrected chi connectivity index (χ3v) is 4.89. The summed E-state index contributed by atoms with van der Waals surface area (Å²) in [5.74, 6) is 1.55. The highest BCUT2D eigenvalue weighted by Gasteiger charge is 2.18. The molecule has 2 aromatic heterocycles. The second-order valence-electron chi connectivity index (χ2n) is 7.03. The quantitative estimate of drug-likeness (QED) is 0.505. The van der Waals surface area contributed by atoms with Gasteiger partial charge in [0, 0.05) is 50.1 Å². The van der Waals surface area contributed by atoms with Gasteiger partial charge in [-0.1, -0.05) is 12.5 Å². The summed E-state index contributed by atoms with van der Waals surface area (Å²) in [5.41, 5.74) is 7.39. The predicted octanol–water partition coefficient (Wildman–Crippen LogP) is 2.53. The second kappa shape index (κ2) is 9.94. The molecule has 0 radical (unpaired) electrons. The molecule has 1 atom stereocenters. The van der Waals surface area contributed by atoms with Crippen LogP contribution in [0, 0.1) is 11.3 Å². The van der Waals surface area contributed by atoms with Crippen molar-refractivity contribution in [2.75, 3.05) is 36.9 Å². The van der Waals surface area contributed by atoms with Crippen molar-refractivity contribution in [2.45, 2.75) is 25.7 Å². The van der Waals surface area contributed by atoms with Crippen molar-refractivity contribution < 1.29 is 5.11 Å². The molecular weight excluding hydrogens is 352 g/mol. The smallest absolute Gasteiger partial charge is 0.132 e. The molecule has 0 amide bonds. The number of hydrogen-bond acceptors (Lipinski definition) is 7. The Morgan fingerprint density at radius 1 is 1.25 bits per heavy atom. The minimum Gasteiger partial charge on any atom is -0.396 e. The highest BCUT2D eigenvalue weighted by Crippen LogP contribution is 2.20. The first kappa shape index (κ1) is 19.9. The molecule has 7 heteroatoms. The van der Waals surface area contributed by atoms with Gasteiger partial charge in [0.2, 0.25) is 0 Å². The number of rotatable bonds is 7. The number of hydrogen-bond donors (Lipinski definition) is 3. The van der Waals surface area contributed by atoms with Crippen LogP contribution in [0.5, 0.6) is 0 Å². The SMILES string of the molecule is N=C(c1cccc(N2CCCN=CC(CCCCO)C2)n1)c1cccnc1N. The molecule has 0 aliphatic carbocycles. The Morgan fingerprint density at radius 3 is 2.96 bits per heavy atom. The van der Waals surface area contributed by atoms with Gasteiger partial charge in [-0.05, 0) is 43.5 Å². The Bertz CT molecular complexity index is 822. The normalized spacial score (nSPS) is 17.2. The molecule has 3 rings (SSSR count). The Morgan fingerprint density at radius 2 is 2.14 bits per heavy atom. The number of unbranched alkanes of at least 4 members (excludes halogenated alkanes) is 1. The molecule has 148 valence electrons. The second-order valence-corrected chi connectivity index (χ2v) is 7.03. The standard InChI is InChI=1S/C21H28N6O/c22-20(17-7-4-11-25-21(17)23)18-8-3-9-19(26-18)27-12-5-10-24-14-16(15-27)6-1-2-13-28/h3-4,7-9,11,14,16,22,28H,1-2,5-6,10,12-13,15H2,(H2,23,25). The Kier molecular flexibility index (Phi) is 7.08. The topological polar surface area (TPSA) is 111 Å². The lowest BCUT2D eigenvalue weighted by Crippen LogP contribution is -2.34. The zero-order valence-electron chi connectivity index (χ0n) is 16.1. The van der Waals surface area contributed by atoms with E-state index in [4.69, 9.17) is 21.2 Å². The molecule has 0 fully saturated rings. The molecule has 1 aliphatic rings. The van der Waals surface area contributed by atoms with Crippen LogP contribution < -0.4 is 10.6 Å². The number of aromatic nitrogens is 2. The number of aliphatic hydroxyl groups is 1. The van der Waals surface area contributed by atoms with Gasteiger partial charge in [0.25, 0.3) is 0 Å². The number of anilines is 2. The van der Waals surface area contributed by atoms with E-state index in [0.29, 0.717) is 23.0 Å². The van der Waals surface area contributed by atoms with Crippen molar-refractivity contribution >= 4 is 23.6 Å². The van der Waals surface area contributed by atoms with E-state index in [1.54, 1.807) is 18.3 Å². The molecule has 28 heavy (non-hydrogen) atoms. The Labute approximate surface area is 165 Å². The van der Waals surface area contributed by atoms with Crippen LogP contribution in [-0.2, 0) is 0 Å². The summed E-state index contributed by atoms with van der Waals surface area (Å²) in [6, 6.07) is 9.34. The Hall–Kier alpha value is -2.80. The summed E-state index contributed by atoms with van der Waals surface area (Å²) in [7, 11) is 0. The summed E-state index contributed by atoms with van der Waals surface area (Å²) in [4.78, 5) is 15.6. The lowest BCUT2D eigenvalue weighted by Gasteiger charge is -2.29. The molecule has 1 unspecified atom stereocenters. The van der Waals surface area contributed by atoms with Gasteiger partial charge in [-0.25, -0.2) is 9.97 Å². The van der Waals surface area contributed by atoms with Gasteiger partial charge in [0.15, 0.2) is 0 Å². The van der Waals surface area contributed by atoms with E-state index in [-0.39, 0.29) is 12.3 Å². The maximum Gasteiger partial charge on any atom is 0.132 e. The third-order valence-electron chi connectivity index (χ3n) is 4.89. The highest BCUT2D eigenvalue weighted by atomic mass is 16.2. The van der Waals surface area contributed by atoms with Crippen molar-refractivity contribution in [3.05, 3.63) is 47.8 Å². The van der Waals surface area contributed by atoms with Crippen LogP contribution in [0.2, 0.25) is 0 Å². The molecule has 0 spiro atoms. The first-order valence-electron chi connectivity index (χ1n) is 9.81. The zero-order chi connectivity index (χ0) is 19.8. The fraction of sp³-hybridized carbons (Fsp3) is 0.429. The van der Waals surface area contributed by atoms with E-state index >= 15 is 0 Å². The van der Waals surface area contributed by atoms with E-state index in [1.165, 1.54) is 0 Å².